The Labute approximate surface area is 193 Å². The van der Waals surface area contributed by atoms with Crippen molar-refractivity contribution in [2.45, 2.75) is 91.4 Å². The zero-order valence-electron chi connectivity index (χ0n) is 20.5. The maximum atomic E-state index is 11.7. The van der Waals surface area contributed by atoms with E-state index in [-0.39, 0.29) is 5.97 Å². The number of methoxy groups -OCH3 is 1. The summed E-state index contributed by atoms with van der Waals surface area (Å²) in [5, 5.41) is 4.30. The van der Waals surface area contributed by atoms with Gasteiger partial charge in [0, 0.05) is 12.1 Å². The Morgan fingerprint density at radius 2 is 1.88 bits per heavy atom. The number of hydrogen-bond acceptors (Lipinski definition) is 4. The molecule has 8 atom stereocenters. The van der Waals surface area contributed by atoms with Gasteiger partial charge in [0.05, 0.1) is 7.11 Å². The van der Waals surface area contributed by atoms with Crippen LogP contribution in [0.4, 0.5) is 4.79 Å². The molecule has 0 bridgehead atoms. The summed E-state index contributed by atoms with van der Waals surface area (Å²) >= 11 is 0. The number of amides is 2. The van der Waals surface area contributed by atoms with E-state index in [0.29, 0.717) is 29.1 Å². The summed E-state index contributed by atoms with van der Waals surface area (Å²) in [6.07, 6.45) is 12.7. The molecule has 4 saturated carbocycles. The first-order chi connectivity index (χ1) is 15.2. The molecule has 0 aromatic carbocycles. The third-order valence-electron chi connectivity index (χ3n) is 10.6. The van der Waals surface area contributed by atoms with Crippen molar-refractivity contribution in [3.63, 3.8) is 0 Å². The Kier molecular flexibility index (Phi) is 6.61. The van der Waals surface area contributed by atoms with E-state index < -0.39 is 6.03 Å². The van der Waals surface area contributed by atoms with Gasteiger partial charge >= 0.3 is 12.0 Å². The molecule has 0 aliphatic heterocycles. The van der Waals surface area contributed by atoms with Gasteiger partial charge in [-0.15, -0.1) is 0 Å². The van der Waals surface area contributed by atoms with Crippen molar-refractivity contribution in [3.8, 4) is 0 Å². The number of urea groups is 1. The molecule has 2 amide bonds. The lowest BCUT2D eigenvalue weighted by Crippen LogP contribution is -2.54. The van der Waals surface area contributed by atoms with Gasteiger partial charge in [0.1, 0.15) is 0 Å². The van der Waals surface area contributed by atoms with Gasteiger partial charge in [-0.05, 0) is 111 Å². The van der Waals surface area contributed by atoms with Crippen LogP contribution < -0.4 is 11.2 Å². The lowest BCUT2D eigenvalue weighted by molar-refractivity contribution is -0.141. The SMILES string of the molecule is COC(=O)CC[C@H](C)[C@H]1CC[C@H]2[C@H]3CC[C@@H]4C/C(=N/NC(N)=O)CC[C@]4(C)[C@H]3CC[C@]12C. The van der Waals surface area contributed by atoms with Crippen LogP contribution in [-0.4, -0.2) is 24.8 Å². The maximum Gasteiger partial charge on any atom is 0.332 e. The van der Waals surface area contributed by atoms with Crippen molar-refractivity contribution >= 4 is 17.7 Å². The Morgan fingerprint density at radius 3 is 2.59 bits per heavy atom. The quantitative estimate of drug-likeness (QED) is 0.446. The van der Waals surface area contributed by atoms with Crippen LogP contribution in [0.1, 0.15) is 91.4 Å². The van der Waals surface area contributed by atoms with Crippen LogP contribution in [0.15, 0.2) is 5.10 Å². The van der Waals surface area contributed by atoms with E-state index in [2.05, 4.69) is 31.3 Å². The van der Waals surface area contributed by atoms with Crippen LogP contribution >= 0.6 is 0 Å². The molecule has 4 aliphatic rings. The van der Waals surface area contributed by atoms with Crippen LogP contribution in [0.3, 0.4) is 0 Å². The Hall–Kier alpha value is -1.59. The van der Waals surface area contributed by atoms with Crippen LogP contribution in [0, 0.1) is 46.3 Å². The van der Waals surface area contributed by atoms with Crippen molar-refractivity contribution in [1.29, 1.82) is 0 Å². The van der Waals surface area contributed by atoms with Crippen LogP contribution in [0.25, 0.3) is 0 Å². The van der Waals surface area contributed by atoms with Gasteiger partial charge in [0.2, 0.25) is 0 Å². The number of carbonyl (C=O) groups excluding carboxylic acids is 2. The first-order valence-corrected chi connectivity index (χ1v) is 12.9. The van der Waals surface area contributed by atoms with Crippen molar-refractivity contribution in [2.75, 3.05) is 7.11 Å². The first kappa shape index (κ1) is 23.6. The molecule has 3 N–H and O–H groups in total. The van der Waals surface area contributed by atoms with E-state index in [1.807, 2.05) is 0 Å². The van der Waals surface area contributed by atoms with Gasteiger partial charge in [0.15, 0.2) is 0 Å². The minimum absolute atomic E-state index is 0.0715. The third kappa shape index (κ3) is 4.07. The van der Waals surface area contributed by atoms with E-state index in [1.165, 1.54) is 52.1 Å². The predicted octanol–water partition coefficient (Wildman–Crippen LogP) is 5.26. The standard InChI is InChI=1S/C26H43N3O3/c1-16(5-10-23(30)32-4)20-8-9-21-19-7-6-17-15-18(28-29-24(27)31)11-13-25(17,2)22(19)12-14-26(20,21)3/h16-17,19-22H,5-15H2,1-4H3,(H3,27,29,31)/b28-18+/t16-,17+,19+,20+,21-,22-,25-,26+/m0/s1. The van der Waals surface area contributed by atoms with Gasteiger partial charge in [-0.25, -0.2) is 10.2 Å². The van der Waals surface area contributed by atoms with Crippen molar-refractivity contribution in [2.24, 2.45) is 57.2 Å². The first-order valence-electron chi connectivity index (χ1n) is 12.9. The summed E-state index contributed by atoms with van der Waals surface area (Å²) in [6, 6.07) is -0.572. The molecule has 0 saturated heterocycles. The largest absolute Gasteiger partial charge is 0.469 e. The second-order valence-electron chi connectivity index (χ2n) is 11.8. The highest BCUT2D eigenvalue weighted by molar-refractivity contribution is 5.87. The van der Waals surface area contributed by atoms with Gasteiger partial charge in [-0.1, -0.05) is 20.8 Å². The molecule has 6 nitrogen and oxygen atoms in total. The molecule has 0 unspecified atom stereocenters. The molecule has 32 heavy (non-hydrogen) atoms. The fraction of sp³-hybridized carbons (Fsp3) is 0.885. The number of nitrogens with two attached hydrogens (primary N) is 1. The van der Waals surface area contributed by atoms with Crippen LogP contribution in [0.2, 0.25) is 0 Å². The number of hydrazone groups is 1. The van der Waals surface area contributed by atoms with Crippen molar-refractivity contribution in [3.05, 3.63) is 0 Å². The highest BCUT2D eigenvalue weighted by atomic mass is 16.5. The van der Waals surface area contributed by atoms with Gasteiger partial charge in [-0.2, -0.15) is 5.10 Å². The van der Waals surface area contributed by atoms with E-state index in [9.17, 15) is 9.59 Å². The summed E-state index contributed by atoms with van der Waals surface area (Å²) in [7, 11) is 1.49. The minimum Gasteiger partial charge on any atom is -0.469 e. The minimum atomic E-state index is -0.572. The molecular formula is C26H43N3O3. The summed E-state index contributed by atoms with van der Waals surface area (Å²) in [5.41, 5.74) is 9.59. The molecule has 0 aromatic heterocycles. The van der Waals surface area contributed by atoms with Crippen molar-refractivity contribution < 1.29 is 14.3 Å². The number of ether oxygens (including phenoxy) is 1. The third-order valence-corrected chi connectivity index (χ3v) is 10.6. The normalized spacial score (nSPS) is 43.0. The van der Waals surface area contributed by atoms with Gasteiger partial charge in [0.25, 0.3) is 0 Å². The van der Waals surface area contributed by atoms with Gasteiger partial charge in [-0.3, -0.25) is 4.79 Å². The number of esters is 1. The molecule has 0 spiro atoms. The Bertz CT molecular complexity index is 767. The van der Waals surface area contributed by atoms with E-state index in [4.69, 9.17) is 10.5 Å². The van der Waals surface area contributed by atoms with E-state index >= 15 is 0 Å². The fourth-order valence-corrected chi connectivity index (χ4v) is 8.92. The lowest BCUT2D eigenvalue weighted by atomic mass is 9.44. The summed E-state index contributed by atoms with van der Waals surface area (Å²) in [4.78, 5) is 22.7. The molecular weight excluding hydrogens is 402 g/mol. The second kappa shape index (κ2) is 8.98. The average Bonchev–Trinajstić information content (AvgIpc) is 3.12. The van der Waals surface area contributed by atoms with Crippen LogP contribution in [-0.2, 0) is 9.53 Å². The topological polar surface area (TPSA) is 93.8 Å². The average molecular weight is 446 g/mol. The summed E-state index contributed by atoms with van der Waals surface area (Å²) < 4.78 is 4.89. The number of nitrogens with one attached hydrogen (secondary N) is 1. The lowest BCUT2D eigenvalue weighted by Gasteiger charge is -2.60. The Balaban J connectivity index is 1.45. The number of nitrogens with zero attached hydrogens (tertiary/aromatic N) is 1. The number of carbonyl (C=O) groups is 2. The van der Waals surface area contributed by atoms with E-state index in [1.54, 1.807) is 0 Å². The second-order valence-corrected chi connectivity index (χ2v) is 11.8. The Morgan fingerprint density at radius 1 is 1.12 bits per heavy atom. The number of hydrogen-bond donors (Lipinski definition) is 2. The van der Waals surface area contributed by atoms with Crippen LogP contribution in [0.5, 0.6) is 0 Å². The molecule has 4 fully saturated rings. The molecule has 180 valence electrons. The molecule has 0 radical (unpaired) electrons. The molecule has 6 heteroatoms. The van der Waals surface area contributed by atoms with Gasteiger partial charge < -0.3 is 10.5 Å². The zero-order valence-corrected chi connectivity index (χ0v) is 20.5. The number of primary amides is 1. The smallest absolute Gasteiger partial charge is 0.332 e. The highest BCUT2D eigenvalue weighted by Gasteiger charge is 2.60. The summed E-state index contributed by atoms with van der Waals surface area (Å²) in [5.74, 6) is 4.40. The monoisotopic (exact) mass is 445 g/mol. The van der Waals surface area contributed by atoms with Crippen molar-refractivity contribution in [1.82, 2.24) is 5.43 Å². The maximum absolute atomic E-state index is 11.7. The number of rotatable bonds is 5. The molecule has 4 rings (SSSR count). The molecule has 4 aliphatic carbocycles. The molecule has 0 heterocycles. The number of fused-ring (bicyclic) bond motifs is 5. The van der Waals surface area contributed by atoms with E-state index in [0.717, 1.165) is 48.6 Å². The fourth-order valence-electron chi connectivity index (χ4n) is 8.92. The predicted molar refractivity (Wildman–Crippen MR) is 126 cm³/mol. The molecule has 0 aromatic rings. The summed E-state index contributed by atoms with van der Waals surface area (Å²) in [6.45, 7) is 7.50. The highest BCUT2D eigenvalue weighted by Crippen LogP contribution is 2.68. The zero-order chi connectivity index (χ0) is 23.1.